The smallest absolute Gasteiger partial charge is 0.343 e. The van der Waals surface area contributed by atoms with Gasteiger partial charge in [-0.3, -0.25) is 4.79 Å². The summed E-state index contributed by atoms with van der Waals surface area (Å²) in [7, 11) is 3.11. The van der Waals surface area contributed by atoms with Crippen LogP contribution in [0.3, 0.4) is 0 Å². The Kier molecular flexibility index (Phi) is 4.89. The molecule has 0 aliphatic rings. The Labute approximate surface area is 151 Å². The quantitative estimate of drug-likeness (QED) is 0.390. The molecule has 0 fully saturated rings. The highest BCUT2D eigenvalue weighted by Crippen LogP contribution is 2.35. The Morgan fingerprint density at radius 3 is 2.15 bits per heavy atom. The molecule has 0 aliphatic carbocycles. The van der Waals surface area contributed by atoms with Gasteiger partial charge in [-0.1, -0.05) is 12.1 Å². The van der Waals surface area contributed by atoms with E-state index in [9.17, 15) is 9.59 Å². The maximum atomic E-state index is 12.5. The molecule has 0 bridgehead atoms. The van der Waals surface area contributed by atoms with Crippen molar-refractivity contribution >= 4 is 22.5 Å². The molecule has 0 atom stereocenters. The summed E-state index contributed by atoms with van der Waals surface area (Å²) < 4.78 is 16.0. The molecule has 0 saturated heterocycles. The van der Waals surface area contributed by atoms with Crippen LogP contribution in [0.4, 0.5) is 0 Å². The predicted molar refractivity (Wildman–Crippen MR) is 98.5 cm³/mol. The standard InChI is InChI=1S/C21H18O5/c1-13(22)16-11-12-18(25-3)17-5-4-6-19(20(16)17)26-21(23)14-7-9-15(24-2)10-8-14/h4-12H,1-3H3. The molecule has 5 nitrogen and oxygen atoms in total. The van der Waals surface area contributed by atoms with Crippen molar-refractivity contribution in [2.45, 2.75) is 6.92 Å². The lowest BCUT2D eigenvalue weighted by molar-refractivity contribution is 0.0736. The summed E-state index contributed by atoms with van der Waals surface area (Å²) in [4.78, 5) is 24.6. The summed E-state index contributed by atoms with van der Waals surface area (Å²) in [6, 6.07) is 15.3. The van der Waals surface area contributed by atoms with E-state index >= 15 is 0 Å². The number of hydrogen-bond acceptors (Lipinski definition) is 5. The average Bonchev–Trinajstić information content (AvgIpc) is 2.67. The number of methoxy groups -OCH3 is 2. The van der Waals surface area contributed by atoms with Gasteiger partial charge in [0.25, 0.3) is 0 Å². The normalized spacial score (nSPS) is 10.4. The van der Waals surface area contributed by atoms with Gasteiger partial charge >= 0.3 is 5.97 Å². The molecule has 3 aromatic carbocycles. The number of hydrogen-bond donors (Lipinski definition) is 0. The van der Waals surface area contributed by atoms with Crippen molar-refractivity contribution in [3.63, 3.8) is 0 Å². The number of ketones is 1. The highest BCUT2D eigenvalue weighted by Gasteiger charge is 2.17. The second-order valence-corrected chi connectivity index (χ2v) is 5.67. The Balaban J connectivity index is 2.06. The number of rotatable bonds is 5. The Bertz CT molecular complexity index is 974. The number of carbonyl (C=O) groups is 2. The van der Waals surface area contributed by atoms with Gasteiger partial charge in [-0.25, -0.2) is 4.79 Å². The molecule has 26 heavy (non-hydrogen) atoms. The van der Waals surface area contributed by atoms with Crippen molar-refractivity contribution in [1.29, 1.82) is 0 Å². The molecule has 132 valence electrons. The first-order valence-corrected chi connectivity index (χ1v) is 8.02. The fourth-order valence-corrected chi connectivity index (χ4v) is 2.79. The van der Waals surface area contributed by atoms with E-state index < -0.39 is 5.97 Å². The molecule has 5 heteroatoms. The summed E-state index contributed by atoms with van der Waals surface area (Å²) in [6.45, 7) is 1.48. The van der Waals surface area contributed by atoms with Crippen LogP contribution in [-0.2, 0) is 0 Å². The van der Waals surface area contributed by atoms with E-state index in [1.54, 1.807) is 62.8 Å². The summed E-state index contributed by atoms with van der Waals surface area (Å²) in [5.74, 6) is 0.929. The monoisotopic (exact) mass is 350 g/mol. The number of ether oxygens (including phenoxy) is 3. The molecular weight excluding hydrogens is 332 g/mol. The van der Waals surface area contributed by atoms with Crippen LogP contribution in [0.25, 0.3) is 10.8 Å². The summed E-state index contributed by atoms with van der Waals surface area (Å²) in [5, 5.41) is 1.27. The van der Waals surface area contributed by atoms with Gasteiger partial charge in [0.05, 0.1) is 19.8 Å². The summed E-state index contributed by atoms with van der Waals surface area (Å²) in [6.07, 6.45) is 0. The van der Waals surface area contributed by atoms with Crippen LogP contribution < -0.4 is 14.2 Å². The molecule has 0 N–H and O–H groups in total. The van der Waals surface area contributed by atoms with E-state index in [1.165, 1.54) is 6.92 Å². The zero-order valence-electron chi connectivity index (χ0n) is 14.7. The fraction of sp³-hybridized carbons (Fsp3) is 0.143. The van der Waals surface area contributed by atoms with Crippen LogP contribution in [0, 0.1) is 0 Å². The topological polar surface area (TPSA) is 61.8 Å². The van der Waals surface area contributed by atoms with Gasteiger partial charge in [0.2, 0.25) is 0 Å². The van der Waals surface area contributed by atoms with Crippen LogP contribution in [0.15, 0.2) is 54.6 Å². The van der Waals surface area contributed by atoms with Crippen molar-refractivity contribution in [3.05, 3.63) is 65.7 Å². The zero-order chi connectivity index (χ0) is 18.7. The van der Waals surface area contributed by atoms with Crippen molar-refractivity contribution in [2.75, 3.05) is 14.2 Å². The Hall–Kier alpha value is -3.34. The van der Waals surface area contributed by atoms with Gasteiger partial charge < -0.3 is 14.2 Å². The third-order valence-corrected chi connectivity index (χ3v) is 4.09. The third kappa shape index (κ3) is 3.24. The predicted octanol–water partition coefficient (Wildman–Crippen LogP) is 4.28. The average molecular weight is 350 g/mol. The lowest BCUT2D eigenvalue weighted by Crippen LogP contribution is -2.09. The molecule has 0 amide bonds. The van der Waals surface area contributed by atoms with E-state index in [0.29, 0.717) is 39.1 Å². The highest BCUT2D eigenvalue weighted by atomic mass is 16.5. The SMILES string of the molecule is COc1ccc(C(=O)Oc2cccc3c(OC)ccc(C(C)=O)c23)cc1. The minimum absolute atomic E-state index is 0.120. The van der Waals surface area contributed by atoms with E-state index in [2.05, 4.69) is 0 Å². The molecule has 0 heterocycles. The molecule has 0 spiro atoms. The van der Waals surface area contributed by atoms with Crippen LogP contribution in [0.2, 0.25) is 0 Å². The van der Waals surface area contributed by atoms with Gasteiger partial charge in [0.1, 0.15) is 17.2 Å². The van der Waals surface area contributed by atoms with Crippen LogP contribution in [-0.4, -0.2) is 26.0 Å². The minimum atomic E-state index is -0.516. The molecule has 0 aliphatic heterocycles. The fourth-order valence-electron chi connectivity index (χ4n) is 2.79. The van der Waals surface area contributed by atoms with E-state index in [4.69, 9.17) is 14.2 Å². The maximum absolute atomic E-state index is 12.5. The van der Waals surface area contributed by atoms with Crippen molar-refractivity contribution in [1.82, 2.24) is 0 Å². The van der Waals surface area contributed by atoms with E-state index in [-0.39, 0.29) is 5.78 Å². The number of benzene rings is 3. The third-order valence-electron chi connectivity index (χ3n) is 4.09. The van der Waals surface area contributed by atoms with Gasteiger partial charge in [-0.15, -0.1) is 0 Å². The van der Waals surface area contributed by atoms with Gasteiger partial charge in [-0.05, 0) is 49.4 Å². The summed E-state index contributed by atoms with van der Waals surface area (Å²) in [5.41, 5.74) is 0.856. The molecule has 3 rings (SSSR count). The first-order valence-electron chi connectivity index (χ1n) is 8.02. The number of carbonyl (C=O) groups excluding carboxylic acids is 2. The molecular formula is C21H18O5. The molecule has 3 aromatic rings. The highest BCUT2D eigenvalue weighted by molar-refractivity contribution is 6.11. The lowest BCUT2D eigenvalue weighted by atomic mass is 10.00. The number of fused-ring (bicyclic) bond motifs is 1. The van der Waals surface area contributed by atoms with Crippen molar-refractivity contribution in [3.8, 4) is 17.2 Å². The van der Waals surface area contributed by atoms with Crippen LogP contribution >= 0.6 is 0 Å². The molecule has 0 aromatic heterocycles. The van der Waals surface area contributed by atoms with Crippen molar-refractivity contribution in [2.24, 2.45) is 0 Å². The van der Waals surface area contributed by atoms with Crippen LogP contribution in [0.1, 0.15) is 27.6 Å². The van der Waals surface area contributed by atoms with E-state index in [1.807, 2.05) is 6.07 Å². The second-order valence-electron chi connectivity index (χ2n) is 5.67. The number of Topliss-reactive ketones (excluding diaryl/α,β-unsaturated/α-hetero) is 1. The first kappa shape index (κ1) is 17.5. The second kappa shape index (κ2) is 7.27. The molecule has 0 saturated carbocycles. The maximum Gasteiger partial charge on any atom is 0.343 e. The molecule has 0 radical (unpaired) electrons. The van der Waals surface area contributed by atoms with E-state index in [0.717, 1.165) is 0 Å². The Morgan fingerprint density at radius 2 is 1.54 bits per heavy atom. The lowest BCUT2D eigenvalue weighted by Gasteiger charge is -2.13. The zero-order valence-corrected chi connectivity index (χ0v) is 14.7. The van der Waals surface area contributed by atoms with Crippen molar-refractivity contribution < 1.29 is 23.8 Å². The largest absolute Gasteiger partial charge is 0.497 e. The number of esters is 1. The van der Waals surface area contributed by atoms with Crippen LogP contribution in [0.5, 0.6) is 17.2 Å². The summed E-state index contributed by atoms with van der Waals surface area (Å²) >= 11 is 0. The Morgan fingerprint density at radius 1 is 0.808 bits per heavy atom. The minimum Gasteiger partial charge on any atom is -0.497 e. The molecule has 0 unspecified atom stereocenters. The van der Waals surface area contributed by atoms with Gasteiger partial charge in [0, 0.05) is 16.3 Å². The first-order chi connectivity index (χ1) is 12.5. The van der Waals surface area contributed by atoms with Gasteiger partial charge in [0.15, 0.2) is 5.78 Å². The van der Waals surface area contributed by atoms with Gasteiger partial charge in [-0.2, -0.15) is 0 Å².